The minimum absolute atomic E-state index is 0.185. The Kier molecular flexibility index (Phi) is 7.37. The summed E-state index contributed by atoms with van der Waals surface area (Å²) in [5.74, 6) is 2.34. The van der Waals surface area contributed by atoms with Crippen LogP contribution >= 0.6 is 0 Å². The van der Waals surface area contributed by atoms with Crippen molar-refractivity contribution in [3.05, 3.63) is 84.1 Å². The summed E-state index contributed by atoms with van der Waals surface area (Å²) in [4.78, 5) is 25.0. The van der Waals surface area contributed by atoms with Gasteiger partial charge in [0.05, 0.1) is 12.2 Å². The first kappa shape index (κ1) is 26.9. The Balaban J connectivity index is 1.11. The lowest BCUT2D eigenvalue weighted by atomic mass is 10.0. The van der Waals surface area contributed by atoms with Gasteiger partial charge >= 0.3 is 0 Å². The molecule has 5 aromatic rings. The van der Waals surface area contributed by atoms with E-state index in [4.69, 9.17) is 25.7 Å². The molecule has 2 saturated heterocycles. The summed E-state index contributed by atoms with van der Waals surface area (Å²) in [5, 5.41) is 12.5. The molecule has 1 aromatic carbocycles. The number of aromatic nitrogens is 6. The van der Waals surface area contributed by atoms with Gasteiger partial charge in [-0.1, -0.05) is 12.1 Å². The summed E-state index contributed by atoms with van der Waals surface area (Å²) >= 11 is 0. The number of anilines is 2. The average molecular weight is 573 g/mol. The van der Waals surface area contributed by atoms with Crippen molar-refractivity contribution >= 4 is 22.8 Å². The fourth-order valence-electron chi connectivity index (χ4n) is 5.95. The standard InChI is InChI=1S/C32H32N10O/c33-18-29-35-14-9-28(40-29)37-23-10-15-41(16-11-23)19-21-3-5-24(6-4-21)42-31(25-2-1-13-36-30(25)34)39-27-8-7-26(38-32(27)42)22-12-17-43-20-22/h1-9,13-14,22-23H,10-12,15-17,19-20H2,(H2,34,36)(H,35,37,40). The van der Waals surface area contributed by atoms with Gasteiger partial charge in [-0.15, -0.1) is 0 Å². The highest BCUT2D eigenvalue weighted by atomic mass is 16.5. The molecule has 0 spiro atoms. The lowest BCUT2D eigenvalue weighted by Gasteiger charge is -2.32. The Morgan fingerprint density at radius 2 is 1.81 bits per heavy atom. The molecule has 0 radical (unpaired) electrons. The number of likely N-dealkylation sites (tertiary alicyclic amines) is 1. The largest absolute Gasteiger partial charge is 0.383 e. The normalized spacial score (nSPS) is 17.7. The topological polar surface area (TPSA) is 144 Å². The van der Waals surface area contributed by atoms with E-state index in [1.807, 2.05) is 30.3 Å². The zero-order valence-corrected chi connectivity index (χ0v) is 23.7. The summed E-state index contributed by atoms with van der Waals surface area (Å²) < 4.78 is 7.73. The van der Waals surface area contributed by atoms with E-state index in [0.717, 1.165) is 79.4 Å². The third kappa shape index (κ3) is 5.62. The highest BCUT2D eigenvalue weighted by Crippen LogP contribution is 2.32. The van der Waals surface area contributed by atoms with E-state index in [-0.39, 0.29) is 11.7 Å². The summed E-state index contributed by atoms with van der Waals surface area (Å²) in [6.45, 7) is 4.28. The van der Waals surface area contributed by atoms with Crippen molar-refractivity contribution in [3.63, 3.8) is 0 Å². The van der Waals surface area contributed by atoms with Crippen molar-refractivity contribution in [2.75, 3.05) is 37.4 Å². The number of benzene rings is 1. The van der Waals surface area contributed by atoms with E-state index in [1.54, 1.807) is 12.4 Å². The molecule has 2 aliphatic heterocycles. The summed E-state index contributed by atoms with van der Waals surface area (Å²) in [7, 11) is 0. The fraction of sp³-hybridized carbons (Fsp3) is 0.312. The zero-order chi connectivity index (χ0) is 29.2. The van der Waals surface area contributed by atoms with Gasteiger partial charge < -0.3 is 15.8 Å². The number of nitrogen functional groups attached to an aromatic ring is 1. The minimum atomic E-state index is 0.185. The lowest BCUT2D eigenvalue weighted by Crippen LogP contribution is -2.38. The van der Waals surface area contributed by atoms with Crippen LogP contribution in [0.1, 0.15) is 42.3 Å². The van der Waals surface area contributed by atoms with Gasteiger partial charge in [0, 0.05) is 62.0 Å². The zero-order valence-electron chi connectivity index (χ0n) is 23.7. The van der Waals surface area contributed by atoms with Gasteiger partial charge in [0.2, 0.25) is 5.82 Å². The van der Waals surface area contributed by atoms with Gasteiger partial charge in [-0.05, 0) is 67.3 Å². The molecule has 0 amide bonds. The number of imidazole rings is 1. The molecular weight excluding hydrogens is 540 g/mol. The van der Waals surface area contributed by atoms with E-state index in [1.165, 1.54) is 5.56 Å². The van der Waals surface area contributed by atoms with Gasteiger partial charge in [0.25, 0.3) is 0 Å². The third-order valence-electron chi connectivity index (χ3n) is 8.25. The first-order chi connectivity index (χ1) is 21.1. The van der Waals surface area contributed by atoms with Crippen LogP contribution in [0.4, 0.5) is 11.6 Å². The van der Waals surface area contributed by atoms with Crippen LogP contribution in [0.3, 0.4) is 0 Å². The number of nitrogens with two attached hydrogens (primary N) is 1. The number of nitrogens with zero attached hydrogens (tertiary/aromatic N) is 8. The molecule has 6 heterocycles. The quantitative estimate of drug-likeness (QED) is 0.290. The van der Waals surface area contributed by atoms with Crippen LogP contribution in [-0.4, -0.2) is 66.7 Å². The maximum Gasteiger partial charge on any atom is 0.234 e. The Bertz CT molecular complexity index is 1780. The van der Waals surface area contributed by atoms with E-state index in [2.05, 4.69) is 60.1 Å². The fourth-order valence-corrected chi connectivity index (χ4v) is 5.95. The van der Waals surface area contributed by atoms with Crippen molar-refractivity contribution in [1.29, 1.82) is 5.26 Å². The molecule has 0 bridgehead atoms. The smallest absolute Gasteiger partial charge is 0.234 e. The van der Waals surface area contributed by atoms with Crippen LogP contribution in [-0.2, 0) is 11.3 Å². The Hall–Kier alpha value is -4.92. The molecular formula is C32H32N10O. The minimum Gasteiger partial charge on any atom is -0.383 e. The van der Waals surface area contributed by atoms with E-state index < -0.39 is 0 Å². The van der Waals surface area contributed by atoms with Gasteiger partial charge in [0.15, 0.2) is 11.5 Å². The molecule has 11 heteroatoms. The number of pyridine rings is 2. The van der Waals surface area contributed by atoms with Crippen molar-refractivity contribution in [2.24, 2.45) is 0 Å². The SMILES string of the molecule is N#Cc1nccc(NC2CCN(Cc3ccc(-n4c(-c5cccnc5N)nc5ccc(C6CCOC6)nc54)cc3)CC2)n1. The van der Waals surface area contributed by atoms with Crippen molar-refractivity contribution in [2.45, 2.75) is 37.8 Å². The Morgan fingerprint density at radius 3 is 2.58 bits per heavy atom. The maximum atomic E-state index is 9.06. The molecule has 43 heavy (non-hydrogen) atoms. The predicted molar refractivity (Wildman–Crippen MR) is 163 cm³/mol. The van der Waals surface area contributed by atoms with Crippen molar-refractivity contribution in [3.8, 4) is 23.1 Å². The number of nitrogens with one attached hydrogen (secondary N) is 1. The molecule has 11 nitrogen and oxygen atoms in total. The van der Waals surface area contributed by atoms with E-state index >= 15 is 0 Å². The number of nitriles is 1. The van der Waals surface area contributed by atoms with Crippen molar-refractivity contribution < 1.29 is 4.74 Å². The number of piperidine rings is 1. The molecule has 216 valence electrons. The molecule has 2 aliphatic rings. The van der Waals surface area contributed by atoms with Crippen LogP contribution in [0.15, 0.2) is 67.0 Å². The van der Waals surface area contributed by atoms with Gasteiger partial charge in [-0.25, -0.2) is 24.9 Å². The second-order valence-electron chi connectivity index (χ2n) is 11.1. The number of hydrogen-bond donors (Lipinski definition) is 2. The number of ether oxygens (including phenoxy) is 1. The van der Waals surface area contributed by atoms with Gasteiger partial charge in [0.1, 0.15) is 23.2 Å². The molecule has 3 N–H and O–H groups in total. The van der Waals surface area contributed by atoms with Crippen LogP contribution < -0.4 is 11.1 Å². The van der Waals surface area contributed by atoms with E-state index in [9.17, 15) is 0 Å². The molecule has 0 saturated carbocycles. The van der Waals surface area contributed by atoms with Gasteiger partial charge in [-0.2, -0.15) is 5.26 Å². The lowest BCUT2D eigenvalue weighted by molar-refractivity contribution is 0.193. The van der Waals surface area contributed by atoms with Crippen LogP contribution in [0, 0.1) is 11.3 Å². The Morgan fingerprint density at radius 1 is 0.953 bits per heavy atom. The summed E-state index contributed by atoms with van der Waals surface area (Å²) in [6.07, 6.45) is 6.28. The van der Waals surface area contributed by atoms with Crippen LogP contribution in [0.2, 0.25) is 0 Å². The van der Waals surface area contributed by atoms with Crippen LogP contribution in [0.25, 0.3) is 28.2 Å². The van der Waals surface area contributed by atoms with Crippen LogP contribution in [0.5, 0.6) is 0 Å². The Labute approximate surface area is 249 Å². The molecule has 2 fully saturated rings. The average Bonchev–Trinajstić information content (AvgIpc) is 3.71. The third-order valence-corrected chi connectivity index (χ3v) is 8.25. The highest BCUT2D eigenvalue weighted by molar-refractivity contribution is 5.83. The molecule has 1 atom stereocenters. The van der Waals surface area contributed by atoms with E-state index in [0.29, 0.717) is 24.3 Å². The van der Waals surface area contributed by atoms with Crippen molar-refractivity contribution in [1.82, 2.24) is 34.4 Å². The molecule has 4 aromatic heterocycles. The maximum absolute atomic E-state index is 9.06. The number of hydrogen-bond acceptors (Lipinski definition) is 10. The monoisotopic (exact) mass is 572 g/mol. The summed E-state index contributed by atoms with van der Waals surface area (Å²) in [5.41, 5.74) is 11.9. The van der Waals surface area contributed by atoms with Gasteiger partial charge in [-0.3, -0.25) is 9.47 Å². The second-order valence-corrected chi connectivity index (χ2v) is 11.1. The first-order valence-electron chi connectivity index (χ1n) is 14.6. The highest BCUT2D eigenvalue weighted by Gasteiger charge is 2.23. The number of rotatable bonds is 7. The molecule has 1 unspecified atom stereocenters. The molecule has 7 rings (SSSR count). The second kappa shape index (κ2) is 11.8. The summed E-state index contributed by atoms with van der Waals surface area (Å²) in [6, 6.07) is 20.7. The molecule has 0 aliphatic carbocycles. The predicted octanol–water partition coefficient (Wildman–Crippen LogP) is 4.31. The first-order valence-corrected chi connectivity index (χ1v) is 14.6. The number of fused-ring (bicyclic) bond motifs is 1.